The van der Waals surface area contributed by atoms with E-state index < -0.39 is 16.1 Å². The molecule has 0 unspecified atom stereocenters. The maximum atomic E-state index is 12.7. The van der Waals surface area contributed by atoms with Gasteiger partial charge in [-0.25, -0.2) is 17.9 Å². The van der Waals surface area contributed by atoms with Crippen molar-refractivity contribution in [3.63, 3.8) is 0 Å². The second kappa shape index (κ2) is 6.57. The number of carbonyl (C=O) groups excluding carboxylic acids is 1. The van der Waals surface area contributed by atoms with E-state index in [9.17, 15) is 13.2 Å². The molecule has 1 saturated heterocycles. The fourth-order valence-corrected chi connectivity index (χ4v) is 4.08. The summed E-state index contributed by atoms with van der Waals surface area (Å²) in [5.74, 6) is 0. The fourth-order valence-electron chi connectivity index (χ4n) is 2.59. The Kier molecular flexibility index (Phi) is 4.49. The van der Waals surface area contributed by atoms with E-state index in [2.05, 4.69) is 20.4 Å². The van der Waals surface area contributed by atoms with Gasteiger partial charge in [-0.05, 0) is 30.7 Å². The van der Waals surface area contributed by atoms with Gasteiger partial charge in [-0.1, -0.05) is 5.21 Å². The van der Waals surface area contributed by atoms with E-state index in [0.29, 0.717) is 25.2 Å². The molecule has 0 radical (unpaired) electrons. The number of sulfonamides is 1. The normalized spacial score (nSPS) is 18.5. The summed E-state index contributed by atoms with van der Waals surface area (Å²) in [7, 11) is -2.33. The van der Waals surface area contributed by atoms with Gasteiger partial charge < -0.3 is 4.74 Å². The number of carbonyl (C=O) groups is 1. The second-order valence-electron chi connectivity index (χ2n) is 5.33. The van der Waals surface area contributed by atoms with Crippen LogP contribution in [0, 0.1) is 0 Å². The molecule has 1 aliphatic heterocycles. The van der Waals surface area contributed by atoms with E-state index in [1.807, 2.05) is 0 Å². The largest absolute Gasteiger partial charge is 0.453 e. The Labute approximate surface area is 139 Å². The highest BCUT2D eigenvalue weighted by Crippen LogP contribution is 2.27. The van der Waals surface area contributed by atoms with E-state index in [1.165, 1.54) is 35.7 Å². The van der Waals surface area contributed by atoms with E-state index >= 15 is 0 Å². The molecule has 128 valence electrons. The number of methoxy groups -OCH3 is 1. The van der Waals surface area contributed by atoms with Gasteiger partial charge in [0.05, 0.1) is 24.2 Å². The number of anilines is 1. The zero-order chi connectivity index (χ0) is 17.2. The molecular formula is C14H17N5O4S. The third kappa shape index (κ3) is 3.24. The number of hydrogen-bond acceptors (Lipinski definition) is 6. The van der Waals surface area contributed by atoms with Gasteiger partial charge in [0.25, 0.3) is 0 Å². The van der Waals surface area contributed by atoms with Gasteiger partial charge in [-0.15, -0.1) is 5.10 Å². The van der Waals surface area contributed by atoms with Gasteiger partial charge in [-0.3, -0.25) is 5.32 Å². The molecule has 1 aliphatic rings. The molecule has 0 bridgehead atoms. The van der Waals surface area contributed by atoms with E-state index in [4.69, 9.17) is 0 Å². The number of nitrogens with one attached hydrogen (secondary N) is 1. The lowest BCUT2D eigenvalue weighted by molar-refractivity contribution is 0.187. The lowest BCUT2D eigenvalue weighted by atomic mass is 10.3. The molecule has 10 heteroatoms. The van der Waals surface area contributed by atoms with Crippen LogP contribution in [0.25, 0.3) is 0 Å². The number of amides is 1. The van der Waals surface area contributed by atoms with Gasteiger partial charge in [0, 0.05) is 25.0 Å². The molecule has 0 saturated carbocycles. The summed E-state index contributed by atoms with van der Waals surface area (Å²) in [6.07, 6.45) is 3.38. The molecule has 2 heterocycles. The van der Waals surface area contributed by atoms with Crippen molar-refractivity contribution in [2.75, 3.05) is 25.5 Å². The van der Waals surface area contributed by atoms with Crippen LogP contribution < -0.4 is 5.32 Å². The molecule has 1 amide bonds. The Morgan fingerprint density at radius 3 is 2.71 bits per heavy atom. The Hall–Kier alpha value is -2.46. The molecule has 1 atom stereocenters. The summed E-state index contributed by atoms with van der Waals surface area (Å²) in [4.78, 5) is 11.3. The quantitative estimate of drug-likeness (QED) is 0.884. The van der Waals surface area contributed by atoms with Crippen LogP contribution in [0.5, 0.6) is 0 Å². The van der Waals surface area contributed by atoms with Gasteiger partial charge in [0.15, 0.2) is 0 Å². The first-order valence-corrected chi connectivity index (χ1v) is 8.75. The summed E-state index contributed by atoms with van der Waals surface area (Å²) < 4.78 is 33.0. The minimum absolute atomic E-state index is 0.0115. The maximum Gasteiger partial charge on any atom is 0.411 e. The van der Waals surface area contributed by atoms with Crippen LogP contribution in [0.4, 0.5) is 10.5 Å². The van der Waals surface area contributed by atoms with E-state index in [1.54, 1.807) is 17.1 Å². The van der Waals surface area contributed by atoms with Crippen molar-refractivity contribution in [1.29, 1.82) is 0 Å². The fraction of sp³-hybridized carbons (Fsp3) is 0.357. The molecule has 0 aliphatic carbocycles. The number of nitrogens with zero attached hydrogens (tertiary/aromatic N) is 4. The lowest BCUT2D eigenvalue weighted by Crippen LogP contribution is -2.29. The van der Waals surface area contributed by atoms with Crippen molar-refractivity contribution >= 4 is 21.8 Å². The molecule has 1 fully saturated rings. The minimum Gasteiger partial charge on any atom is -0.453 e. The van der Waals surface area contributed by atoms with Crippen molar-refractivity contribution in [3.05, 3.63) is 36.7 Å². The van der Waals surface area contributed by atoms with Crippen molar-refractivity contribution in [1.82, 2.24) is 19.3 Å². The van der Waals surface area contributed by atoms with Gasteiger partial charge in [0.1, 0.15) is 0 Å². The number of ether oxygens (including phenoxy) is 1. The second-order valence-corrected chi connectivity index (χ2v) is 7.27. The van der Waals surface area contributed by atoms with Crippen LogP contribution in [0.3, 0.4) is 0 Å². The summed E-state index contributed by atoms with van der Waals surface area (Å²) in [5.41, 5.74) is 0.461. The third-order valence-electron chi connectivity index (χ3n) is 3.87. The standard InChI is InChI=1S/C14H17N5O4S/c1-23-14(20)16-11-2-4-13(5-3-11)24(21,22)18-8-6-12(10-18)19-9-7-15-17-19/h2-5,7,9,12H,6,8,10H2,1H3,(H,16,20)/t12-/m1/s1. The van der Waals surface area contributed by atoms with Crippen LogP contribution in [-0.4, -0.2) is 54.0 Å². The summed E-state index contributed by atoms with van der Waals surface area (Å²) >= 11 is 0. The smallest absolute Gasteiger partial charge is 0.411 e. The first kappa shape index (κ1) is 16.4. The monoisotopic (exact) mass is 351 g/mol. The number of benzene rings is 1. The summed E-state index contributed by atoms with van der Waals surface area (Å²) in [5, 5.41) is 10.2. The molecule has 1 N–H and O–H groups in total. The zero-order valence-electron chi connectivity index (χ0n) is 13.0. The first-order chi connectivity index (χ1) is 11.5. The van der Waals surface area contributed by atoms with E-state index in [-0.39, 0.29) is 10.9 Å². The Morgan fingerprint density at radius 2 is 2.08 bits per heavy atom. The molecule has 2 aromatic rings. The van der Waals surface area contributed by atoms with Gasteiger partial charge in [0.2, 0.25) is 10.0 Å². The molecule has 24 heavy (non-hydrogen) atoms. The van der Waals surface area contributed by atoms with Crippen LogP contribution >= 0.6 is 0 Å². The van der Waals surface area contributed by atoms with Crippen molar-refractivity contribution < 1.29 is 17.9 Å². The SMILES string of the molecule is COC(=O)Nc1ccc(S(=O)(=O)N2CC[C@@H](n3ccnn3)C2)cc1. The van der Waals surface area contributed by atoms with Crippen LogP contribution in [0.2, 0.25) is 0 Å². The highest BCUT2D eigenvalue weighted by atomic mass is 32.2. The van der Waals surface area contributed by atoms with Crippen molar-refractivity contribution in [3.8, 4) is 0 Å². The number of aromatic nitrogens is 3. The number of rotatable bonds is 4. The topological polar surface area (TPSA) is 106 Å². The average molecular weight is 351 g/mol. The van der Waals surface area contributed by atoms with Gasteiger partial charge >= 0.3 is 6.09 Å². The summed E-state index contributed by atoms with van der Waals surface area (Å²) in [6, 6.07) is 5.96. The zero-order valence-corrected chi connectivity index (χ0v) is 13.8. The third-order valence-corrected chi connectivity index (χ3v) is 5.74. The molecule has 9 nitrogen and oxygen atoms in total. The van der Waals surface area contributed by atoms with Crippen molar-refractivity contribution in [2.24, 2.45) is 0 Å². The number of hydrogen-bond donors (Lipinski definition) is 1. The van der Waals surface area contributed by atoms with Crippen molar-refractivity contribution in [2.45, 2.75) is 17.4 Å². The predicted molar refractivity (Wildman–Crippen MR) is 84.9 cm³/mol. The Bertz CT molecular complexity index is 804. The molecular weight excluding hydrogens is 334 g/mol. The van der Waals surface area contributed by atoms with Crippen LogP contribution in [0.1, 0.15) is 12.5 Å². The van der Waals surface area contributed by atoms with Crippen LogP contribution in [0.15, 0.2) is 41.6 Å². The maximum absolute atomic E-state index is 12.7. The average Bonchev–Trinajstić information content (AvgIpc) is 3.26. The van der Waals surface area contributed by atoms with Crippen LogP contribution in [-0.2, 0) is 14.8 Å². The molecule has 1 aromatic heterocycles. The predicted octanol–water partition coefficient (Wildman–Crippen LogP) is 1.09. The molecule has 3 rings (SSSR count). The molecule has 1 aromatic carbocycles. The Balaban J connectivity index is 1.72. The van der Waals surface area contributed by atoms with Gasteiger partial charge in [-0.2, -0.15) is 4.31 Å². The Morgan fingerprint density at radius 1 is 1.33 bits per heavy atom. The lowest BCUT2D eigenvalue weighted by Gasteiger charge is -2.17. The molecule has 0 spiro atoms. The summed E-state index contributed by atoms with van der Waals surface area (Å²) in [6.45, 7) is 0.781. The highest BCUT2D eigenvalue weighted by molar-refractivity contribution is 7.89. The minimum atomic E-state index is -3.59. The highest BCUT2D eigenvalue weighted by Gasteiger charge is 2.33. The first-order valence-electron chi connectivity index (χ1n) is 7.31. The van der Waals surface area contributed by atoms with E-state index in [0.717, 1.165) is 0 Å².